The predicted octanol–water partition coefficient (Wildman–Crippen LogP) is 6.95. The van der Waals surface area contributed by atoms with Gasteiger partial charge in [-0.15, -0.1) is 0 Å². The molecule has 2 atom stereocenters. The molecule has 0 bridgehead atoms. The molecule has 1 aliphatic carbocycles. The van der Waals surface area contributed by atoms with E-state index >= 15 is 0 Å². The van der Waals surface area contributed by atoms with Gasteiger partial charge in [0.15, 0.2) is 5.78 Å². The van der Waals surface area contributed by atoms with Crippen LogP contribution >= 0.6 is 0 Å². The molecule has 0 fully saturated rings. The Hall–Kier alpha value is -1.97. The van der Waals surface area contributed by atoms with Gasteiger partial charge in [-0.25, -0.2) is 0 Å². The number of phenols is 2. The molecule has 0 aromatic heterocycles. The van der Waals surface area contributed by atoms with Crippen molar-refractivity contribution in [3.05, 3.63) is 28.5 Å². The molecule has 0 saturated carbocycles. The summed E-state index contributed by atoms with van der Waals surface area (Å²) in [4.78, 5) is 13.2. The first-order chi connectivity index (χ1) is 13.8. The molecule has 1 aromatic carbocycles. The van der Waals surface area contributed by atoms with E-state index in [1.165, 1.54) is 11.6 Å². The number of phenolic OH excluding ortho intramolecular Hbond substituents is 2. The maximum Gasteiger partial charge on any atom is 0.173 e. The second-order valence-corrected chi connectivity index (χ2v) is 11.2. The van der Waals surface area contributed by atoms with Crippen LogP contribution in [0.3, 0.4) is 0 Å². The molecular weight excluding hydrogens is 376 g/mol. The van der Waals surface area contributed by atoms with E-state index in [4.69, 9.17) is 4.74 Å². The Bertz CT molecular complexity index is 889. The number of benzene rings is 1. The van der Waals surface area contributed by atoms with Crippen molar-refractivity contribution in [2.45, 2.75) is 87.0 Å². The number of Topliss-reactive ketones (excluding diaryl/α,β-unsaturated/α-hetero) is 1. The number of carbonyl (C=O) groups is 1. The highest BCUT2D eigenvalue weighted by Crippen LogP contribution is 2.60. The summed E-state index contributed by atoms with van der Waals surface area (Å²) in [5.41, 5.74) is 2.06. The van der Waals surface area contributed by atoms with Gasteiger partial charge in [0, 0.05) is 28.9 Å². The second-order valence-electron chi connectivity index (χ2n) is 11.2. The molecular formula is C26H38O4. The largest absolute Gasteiger partial charge is 0.507 e. The van der Waals surface area contributed by atoms with E-state index in [9.17, 15) is 15.0 Å². The third-order valence-electron chi connectivity index (χ3n) is 6.76. The third kappa shape index (κ3) is 3.86. The molecule has 2 N–H and O–H groups in total. The Labute approximate surface area is 181 Å². The number of ether oxygens (including phenoxy) is 1. The zero-order valence-electron chi connectivity index (χ0n) is 19.8. The Kier molecular flexibility index (Phi) is 5.77. The molecule has 166 valence electrons. The number of hydrogen-bond acceptors (Lipinski definition) is 4. The summed E-state index contributed by atoms with van der Waals surface area (Å²) in [5.74, 6) is 1.13. The van der Waals surface area contributed by atoms with Crippen molar-refractivity contribution in [1.82, 2.24) is 0 Å². The molecule has 0 amide bonds. The highest BCUT2D eigenvalue weighted by atomic mass is 16.5. The molecule has 2 aliphatic rings. The van der Waals surface area contributed by atoms with Crippen LogP contribution in [0.25, 0.3) is 0 Å². The lowest BCUT2D eigenvalue weighted by atomic mass is 9.61. The normalized spacial score (nSPS) is 22.9. The number of hydrogen-bond donors (Lipinski definition) is 2. The molecule has 1 heterocycles. The molecule has 1 aliphatic heterocycles. The maximum absolute atomic E-state index is 13.2. The molecule has 30 heavy (non-hydrogen) atoms. The first-order valence-electron chi connectivity index (χ1n) is 11.3. The molecule has 2 unspecified atom stereocenters. The summed E-state index contributed by atoms with van der Waals surface area (Å²) >= 11 is 0. The van der Waals surface area contributed by atoms with Gasteiger partial charge in [-0.2, -0.15) is 0 Å². The average molecular weight is 415 g/mol. The first-order valence-corrected chi connectivity index (χ1v) is 11.3. The molecule has 4 heteroatoms. The van der Waals surface area contributed by atoms with Crippen molar-refractivity contribution < 1.29 is 19.7 Å². The number of rotatable bonds is 5. The van der Waals surface area contributed by atoms with Crippen LogP contribution in [0.1, 0.15) is 103 Å². The van der Waals surface area contributed by atoms with Crippen LogP contribution < -0.4 is 4.74 Å². The lowest BCUT2D eigenvalue weighted by Gasteiger charge is -2.47. The number of aromatic hydroxyl groups is 2. The van der Waals surface area contributed by atoms with Crippen molar-refractivity contribution in [3.8, 4) is 17.2 Å². The summed E-state index contributed by atoms with van der Waals surface area (Å²) in [7, 11) is 0. The van der Waals surface area contributed by atoms with E-state index in [-0.39, 0.29) is 45.5 Å². The molecule has 4 nitrogen and oxygen atoms in total. The van der Waals surface area contributed by atoms with Crippen LogP contribution in [-0.4, -0.2) is 16.0 Å². The van der Waals surface area contributed by atoms with Gasteiger partial charge in [0.05, 0.1) is 0 Å². The van der Waals surface area contributed by atoms with Gasteiger partial charge in [0.1, 0.15) is 28.6 Å². The summed E-state index contributed by atoms with van der Waals surface area (Å²) < 4.78 is 6.50. The first kappa shape index (κ1) is 22.7. The van der Waals surface area contributed by atoms with Crippen molar-refractivity contribution in [2.75, 3.05) is 0 Å². The number of fused-ring (bicyclic) bond motifs is 1. The second kappa shape index (κ2) is 7.62. The van der Waals surface area contributed by atoms with Crippen LogP contribution in [0.15, 0.2) is 17.4 Å². The zero-order valence-corrected chi connectivity index (χ0v) is 19.8. The summed E-state index contributed by atoms with van der Waals surface area (Å²) in [6.45, 7) is 17.1. The van der Waals surface area contributed by atoms with Crippen LogP contribution in [0, 0.1) is 22.7 Å². The van der Waals surface area contributed by atoms with Crippen LogP contribution in [0.5, 0.6) is 17.2 Å². The monoisotopic (exact) mass is 414 g/mol. The maximum atomic E-state index is 13.2. The van der Waals surface area contributed by atoms with E-state index in [2.05, 4.69) is 41.5 Å². The molecule has 1 aromatic rings. The van der Waals surface area contributed by atoms with Crippen LogP contribution in [0.4, 0.5) is 0 Å². The molecule has 0 radical (unpaired) electrons. The standard InChI is InChI=1S/C26H38O4/c1-9-15(4)22(29)21-19(28)11-18(27)20-16(10-14(2)3)17-12-25(5,6)13-26(7,8)24(17)30-23(20)21/h11,14-16,27-28H,9-10,12-13H2,1-8H3. The van der Waals surface area contributed by atoms with E-state index in [1.807, 2.05) is 13.8 Å². The number of allylic oxidation sites excluding steroid dienone is 2. The number of ketones is 1. The Morgan fingerprint density at radius 2 is 1.80 bits per heavy atom. The van der Waals surface area contributed by atoms with Crippen LogP contribution in [-0.2, 0) is 0 Å². The van der Waals surface area contributed by atoms with Gasteiger partial charge in [-0.1, -0.05) is 55.4 Å². The summed E-state index contributed by atoms with van der Waals surface area (Å²) in [6, 6.07) is 1.33. The van der Waals surface area contributed by atoms with E-state index < -0.39 is 0 Å². The van der Waals surface area contributed by atoms with Crippen molar-refractivity contribution >= 4 is 5.78 Å². The summed E-state index contributed by atoms with van der Waals surface area (Å²) in [6.07, 6.45) is 3.41. The Morgan fingerprint density at radius 1 is 1.17 bits per heavy atom. The quantitative estimate of drug-likeness (QED) is 0.512. The predicted molar refractivity (Wildman–Crippen MR) is 120 cm³/mol. The van der Waals surface area contributed by atoms with Gasteiger partial charge < -0.3 is 14.9 Å². The van der Waals surface area contributed by atoms with Crippen molar-refractivity contribution in [3.63, 3.8) is 0 Å². The van der Waals surface area contributed by atoms with Gasteiger partial charge in [-0.3, -0.25) is 4.79 Å². The van der Waals surface area contributed by atoms with E-state index in [1.54, 1.807) is 0 Å². The minimum absolute atomic E-state index is 0.0154. The summed E-state index contributed by atoms with van der Waals surface area (Å²) in [5, 5.41) is 21.6. The van der Waals surface area contributed by atoms with Crippen LogP contribution in [0.2, 0.25) is 0 Å². The van der Waals surface area contributed by atoms with Gasteiger partial charge >= 0.3 is 0 Å². The van der Waals surface area contributed by atoms with Crippen molar-refractivity contribution in [1.29, 1.82) is 0 Å². The number of carbonyl (C=O) groups excluding carboxylic acids is 1. The lowest BCUT2D eigenvalue weighted by Crippen LogP contribution is -2.37. The fraction of sp³-hybridized carbons (Fsp3) is 0.654. The van der Waals surface area contributed by atoms with Crippen molar-refractivity contribution in [2.24, 2.45) is 22.7 Å². The zero-order chi connectivity index (χ0) is 22.6. The molecule has 0 spiro atoms. The topological polar surface area (TPSA) is 66.8 Å². The average Bonchev–Trinajstić information content (AvgIpc) is 2.59. The highest BCUT2D eigenvalue weighted by molar-refractivity contribution is 6.03. The van der Waals surface area contributed by atoms with E-state index in [0.29, 0.717) is 23.7 Å². The van der Waals surface area contributed by atoms with Gasteiger partial charge in [-0.05, 0) is 42.6 Å². The lowest BCUT2D eigenvalue weighted by molar-refractivity contribution is 0.0913. The minimum atomic E-state index is -0.231. The van der Waals surface area contributed by atoms with E-state index in [0.717, 1.165) is 25.0 Å². The van der Waals surface area contributed by atoms with Gasteiger partial charge in [0.25, 0.3) is 0 Å². The Morgan fingerprint density at radius 3 is 2.37 bits per heavy atom. The highest BCUT2D eigenvalue weighted by Gasteiger charge is 2.47. The fourth-order valence-corrected chi connectivity index (χ4v) is 5.62. The fourth-order valence-electron chi connectivity index (χ4n) is 5.62. The molecule has 0 saturated heterocycles. The SMILES string of the molecule is CCC(C)C(=O)c1c(O)cc(O)c2c1OC1=C(CC(C)(C)CC1(C)C)C2CC(C)C. The Balaban J connectivity index is 2.30. The smallest absolute Gasteiger partial charge is 0.173 e. The minimum Gasteiger partial charge on any atom is -0.507 e. The van der Waals surface area contributed by atoms with Gasteiger partial charge in [0.2, 0.25) is 0 Å². The molecule has 3 rings (SSSR count). The third-order valence-corrected chi connectivity index (χ3v) is 6.76.